The summed E-state index contributed by atoms with van der Waals surface area (Å²) in [4.78, 5) is 15.4. The monoisotopic (exact) mass is 294 g/mol. The Bertz CT molecular complexity index is 804. The molecule has 112 valence electrons. The number of ether oxygens (including phenoxy) is 1. The number of fused-ring (bicyclic) bond motifs is 1. The number of aromatic nitrogens is 1. The molecule has 0 atom stereocenters. The Balaban J connectivity index is 1.75. The molecule has 3 aromatic rings. The second kappa shape index (κ2) is 5.93. The predicted octanol–water partition coefficient (Wildman–Crippen LogP) is 3.67. The second-order valence-corrected chi connectivity index (χ2v) is 5.32. The number of hydrogen-bond acceptors (Lipinski definition) is 2. The zero-order valence-corrected chi connectivity index (χ0v) is 12.6. The maximum atomic E-state index is 12.2. The van der Waals surface area contributed by atoms with Gasteiger partial charge in [-0.1, -0.05) is 17.7 Å². The maximum absolute atomic E-state index is 12.2. The summed E-state index contributed by atoms with van der Waals surface area (Å²) < 4.78 is 5.20. The number of H-pyrrole nitrogens is 1. The lowest BCUT2D eigenvalue weighted by molar-refractivity contribution is -0.115. The molecule has 0 aliphatic rings. The van der Waals surface area contributed by atoms with Crippen molar-refractivity contribution < 1.29 is 9.53 Å². The van der Waals surface area contributed by atoms with E-state index in [1.54, 1.807) is 7.11 Å². The van der Waals surface area contributed by atoms with Crippen LogP contribution < -0.4 is 10.1 Å². The van der Waals surface area contributed by atoms with Gasteiger partial charge in [-0.15, -0.1) is 0 Å². The second-order valence-electron chi connectivity index (χ2n) is 5.32. The number of rotatable bonds is 4. The van der Waals surface area contributed by atoms with E-state index in [9.17, 15) is 4.79 Å². The number of carbonyl (C=O) groups is 1. The Hall–Kier alpha value is -2.75. The van der Waals surface area contributed by atoms with Gasteiger partial charge in [-0.2, -0.15) is 0 Å². The Labute approximate surface area is 129 Å². The molecular weight excluding hydrogens is 276 g/mol. The minimum atomic E-state index is -0.0272. The van der Waals surface area contributed by atoms with E-state index in [0.717, 1.165) is 27.9 Å². The fraction of sp³-hybridized carbons (Fsp3) is 0.167. The molecule has 0 fully saturated rings. The number of nitrogens with one attached hydrogen (secondary N) is 2. The maximum Gasteiger partial charge on any atom is 0.228 e. The van der Waals surface area contributed by atoms with Crippen LogP contribution in [-0.2, 0) is 11.2 Å². The van der Waals surface area contributed by atoms with Crippen molar-refractivity contribution in [1.82, 2.24) is 4.98 Å². The molecule has 4 nitrogen and oxygen atoms in total. The van der Waals surface area contributed by atoms with Crippen LogP contribution in [0.3, 0.4) is 0 Å². The third kappa shape index (κ3) is 2.96. The molecule has 0 aliphatic heterocycles. The van der Waals surface area contributed by atoms with Crippen molar-refractivity contribution in [3.05, 3.63) is 59.8 Å². The number of methoxy groups -OCH3 is 1. The summed E-state index contributed by atoms with van der Waals surface area (Å²) in [7, 11) is 1.64. The molecule has 0 unspecified atom stereocenters. The van der Waals surface area contributed by atoms with Gasteiger partial charge < -0.3 is 15.0 Å². The van der Waals surface area contributed by atoms with Crippen molar-refractivity contribution in [3.8, 4) is 5.75 Å². The van der Waals surface area contributed by atoms with Crippen LogP contribution in [0.25, 0.3) is 10.9 Å². The van der Waals surface area contributed by atoms with Crippen LogP contribution in [0.5, 0.6) is 5.75 Å². The number of hydrogen-bond donors (Lipinski definition) is 2. The van der Waals surface area contributed by atoms with Gasteiger partial charge in [-0.25, -0.2) is 0 Å². The first-order valence-electron chi connectivity index (χ1n) is 7.16. The highest BCUT2D eigenvalue weighted by molar-refractivity contribution is 5.96. The van der Waals surface area contributed by atoms with Crippen molar-refractivity contribution >= 4 is 22.5 Å². The molecule has 0 saturated heterocycles. The van der Waals surface area contributed by atoms with Crippen LogP contribution in [0.2, 0.25) is 0 Å². The number of amides is 1. The average Bonchev–Trinajstić information content (AvgIpc) is 2.91. The van der Waals surface area contributed by atoms with Gasteiger partial charge in [0.1, 0.15) is 5.75 Å². The van der Waals surface area contributed by atoms with Gasteiger partial charge in [-0.3, -0.25) is 4.79 Å². The van der Waals surface area contributed by atoms with Crippen molar-refractivity contribution in [2.24, 2.45) is 0 Å². The number of anilines is 1. The van der Waals surface area contributed by atoms with Gasteiger partial charge in [0.15, 0.2) is 0 Å². The van der Waals surface area contributed by atoms with Crippen molar-refractivity contribution in [3.63, 3.8) is 0 Å². The third-order valence-corrected chi connectivity index (χ3v) is 3.66. The summed E-state index contributed by atoms with van der Waals surface area (Å²) in [5.41, 5.74) is 3.93. The summed E-state index contributed by atoms with van der Waals surface area (Å²) in [6.45, 7) is 2.02. The Morgan fingerprint density at radius 2 is 1.95 bits per heavy atom. The molecule has 4 heteroatoms. The molecule has 0 spiro atoms. The fourth-order valence-corrected chi connectivity index (χ4v) is 2.45. The SMILES string of the molecule is COc1ccc2c(CC(=O)Nc3ccc(C)cc3)c[nH]c2c1. The van der Waals surface area contributed by atoms with E-state index in [4.69, 9.17) is 4.74 Å². The van der Waals surface area contributed by atoms with Gasteiger partial charge in [0.25, 0.3) is 0 Å². The molecule has 3 rings (SSSR count). The molecule has 0 saturated carbocycles. The highest BCUT2D eigenvalue weighted by Crippen LogP contribution is 2.23. The van der Waals surface area contributed by atoms with Crippen LogP contribution in [-0.4, -0.2) is 18.0 Å². The fourth-order valence-electron chi connectivity index (χ4n) is 2.45. The lowest BCUT2D eigenvalue weighted by Gasteiger charge is -2.05. The summed E-state index contributed by atoms with van der Waals surface area (Å²) in [5, 5.41) is 3.96. The lowest BCUT2D eigenvalue weighted by Crippen LogP contribution is -2.14. The molecule has 2 aromatic carbocycles. The molecule has 1 aromatic heterocycles. The van der Waals surface area contributed by atoms with Gasteiger partial charge in [0.2, 0.25) is 5.91 Å². The normalized spacial score (nSPS) is 10.6. The highest BCUT2D eigenvalue weighted by Gasteiger charge is 2.09. The van der Waals surface area contributed by atoms with Crippen molar-refractivity contribution in [2.75, 3.05) is 12.4 Å². The average molecular weight is 294 g/mol. The lowest BCUT2D eigenvalue weighted by atomic mass is 10.1. The summed E-state index contributed by atoms with van der Waals surface area (Å²) in [6.07, 6.45) is 2.21. The number of aromatic amines is 1. The van der Waals surface area contributed by atoms with Crippen molar-refractivity contribution in [1.29, 1.82) is 0 Å². The summed E-state index contributed by atoms with van der Waals surface area (Å²) in [5.74, 6) is 0.769. The molecule has 22 heavy (non-hydrogen) atoms. The van der Waals surface area contributed by atoms with E-state index in [1.807, 2.05) is 55.6 Å². The van der Waals surface area contributed by atoms with Crippen LogP contribution in [0.4, 0.5) is 5.69 Å². The predicted molar refractivity (Wildman–Crippen MR) is 88.4 cm³/mol. The number of aryl methyl sites for hydroxylation is 1. The highest BCUT2D eigenvalue weighted by atomic mass is 16.5. The summed E-state index contributed by atoms with van der Waals surface area (Å²) >= 11 is 0. The summed E-state index contributed by atoms with van der Waals surface area (Å²) in [6, 6.07) is 13.6. The first-order chi connectivity index (χ1) is 10.7. The van der Waals surface area contributed by atoms with Gasteiger partial charge in [-0.05, 0) is 36.8 Å². The molecule has 2 N–H and O–H groups in total. The van der Waals surface area contributed by atoms with Crippen LogP contribution >= 0.6 is 0 Å². The van der Waals surface area contributed by atoms with Crippen LogP contribution in [0.15, 0.2) is 48.7 Å². The molecule has 0 aliphatic carbocycles. The molecule has 0 bridgehead atoms. The largest absolute Gasteiger partial charge is 0.497 e. The van der Waals surface area contributed by atoms with E-state index < -0.39 is 0 Å². The van der Waals surface area contributed by atoms with Gasteiger partial charge in [0.05, 0.1) is 13.5 Å². The van der Waals surface area contributed by atoms with Gasteiger partial charge >= 0.3 is 0 Å². The number of benzene rings is 2. The third-order valence-electron chi connectivity index (χ3n) is 3.66. The minimum absolute atomic E-state index is 0.0272. The molecule has 0 radical (unpaired) electrons. The topological polar surface area (TPSA) is 54.1 Å². The van der Waals surface area contributed by atoms with E-state index in [0.29, 0.717) is 6.42 Å². The molecule has 1 heterocycles. The zero-order valence-electron chi connectivity index (χ0n) is 12.6. The Morgan fingerprint density at radius 3 is 2.68 bits per heavy atom. The van der Waals surface area contributed by atoms with E-state index in [-0.39, 0.29) is 5.91 Å². The van der Waals surface area contributed by atoms with Crippen LogP contribution in [0.1, 0.15) is 11.1 Å². The van der Waals surface area contributed by atoms with E-state index in [1.165, 1.54) is 5.56 Å². The van der Waals surface area contributed by atoms with Crippen molar-refractivity contribution in [2.45, 2.75) is 13.3 Å². The first-order valence-corrected chi connectivity index (χ1v) is 7.16. The smallest absolute Gasteiger partial charge is 0.228 e. The van der Waals surface area contributed by atoms with E-state index in [2.05, 4.69) is 10.3 Å². The molecule has 1 amide bonds. The minimum Gasteiger partial charge on any atom is -0.497 e. The number of carbonyl (C=O) groups excluding carboxylic acids is 1. The first kappa shape index (κ1) is 14.2. The molecular formula is C18H18N2O2. The zero-order chi connectivity index (χ0) is 15.5. The van der Waals surface area contributed by atoms with Gasteiger partial charge in [0, 0.05) is 28.9 Å². The standard InChI is InChI=1S/C18H18N2O2/c1-12-3-5-14(6-4-12)20-18(21)9-13-11-19-17-10-15(22-2)7-8-16(13)17/h3-8,10-11,19H,9H2,1-2H3,(H,20,21). The van der Waals surface area contributed by atoms with E-state index >= 15 is 0 Å². The quantitative estimate of drug-likeness (QED) is 0.771. The Kier molecular flexibility index (Phi) is 3.83. The Morgan fingerprint density at radius 1 is 1.18 bits per heavy atom. The van der Waals surface area contributed by atoms with Crippen LogP contribution in [0, 0.1) is 6.92 Å².